The maximum atomic E-state index is 6.77. The standard InChI is InChI=1S/C43H32N2O/c1-28(30-13-5-3-6-14-30)44-43(32-16-7-4-8-17-32)45-29(2)35-19-11-21-39-40-22-12-20-38(42(40)46-41(35)39)34-25-26-37-33(27-34)24-23-31-15-9-10-18-36(31)37/h3-27,43,45H,2H2,1H3. The molecule has 0 aliphatic carbocycles. The number of para-hydroxylation sites is 2. The lowest BCUT2D eigenvalue weighted by atomic mass is 9.96. The van der Waals surface area contributed by atoms with Crippen molar-refractivity contribution in [2.24, 2.45) is 4.99 Å². The SMILES string of the molecule is C=C(NC(N=C(C)c1ccccc1)c1ccccc1)c1cccc2c1oc1c(-c3ccc4c(ccc5ccccc54)c3)cccc12. The summed E-state index contributed by atoms with van der Waals surface area (Å²) >= 11 is 0. The van der Waals surface area contributed by atoms with Gasteiger partial charge in [0.2, 0.25) is 0 Å². The molecular formula is C43H32N2O. The van der Waals surface area contributed by atoms with Gasteiger partial charge in [-0.2, -0.15) is 0 Å². The number of hydrogen-bond acceptors (Lipinski definition) is 3. The van der Waals surface area contributed by atoms with Crippen molar-refractivity contribution in [1.29, 1.82) is 0 Å². The van der Waals surface area contributed by atoms with Crippen molar-refractivity contribution in [2.45, 2.75) is 13.1 Å². The summed E-state index contributed by atoms with van der Waals surface area (Å²) in [6.07, 6.45) is -0.321. The van der Waals surface area contributed by atoms with Gasteiger partial charge in [-0.3, -0.25) is 4.99 Å². The van der Waals surface area contributed by atoms with Crippen LogP contribution in [0.2, 0.25) is 0 Å². The molecule has 1 aromatic heterocycles. The van der Waals surface area contributed by atoms with Crippen molar-refractivity contribution >= 4 is 54.9 Å². The molecule has 8 rings (SSSR count). The van der Waals surface area contributed by atoms with E-state index in [4.69, 9.17) is 9.41 Å². The fraction of sp³-hybridized carbons (Fsp3) is 0.0465. The third-order valence-electron chi connectivity index (χ3n) is 8.85. The van der Waals surface area contributed by atoms with Gasteiger partial charge in [-0.25, -0.2) is 0 Å². The quantitative estimate of drug-likeness (QED) is 0.148. The van der Waals surface area contributed by atoms with Gasteiger partial charge in [-0.05, 0) is 57.3 Å². The third-order valence-corrected chi connectivity index (χ3v) is 8.85. The van der Waals surface area contributed by atoms with E-state index in [9.17, 15) is 0 Å². The molecule has 0 aliphatic heterocycles. The van der Waals surface area contributed by atoms with E-state index < -0.39 is 0 Å². The van der Waals surface area contributed by atoms with Crippen LogP contribution in [0.3, 0.4) is 0 Å². The van der Waals surface area contributed by atoms with E-state index in [1.165, 1.54) is 21.5 Å². The zero-order valence-electron chi connectivity index (χ0n) is 25.6. The van der Waals surface area contributed by atoms with Crippen LogP contribution in [-0.4, -0.2) is 5.71 Å². The lowest BCUT2D eigenvalue weighted by Gasteiger charge is -2.20. The van der Waals surface area contributed by atoms with Crippen molar-refractivity contribution < 1.29 is 4.42 Å². The Hall–Kier alpha value is -5.93. The van der Waals surface area contributed by atoms with E-state index in [1.54, 1.807) is 0 Å². The van der Waals surface area contributed by atoms with Gasteiger partial charge in [0.15, 0.2) is 0 Å². The van der Waals surface area contributed by atoms with Crippen molar-refractivity contribution in [3.05, 3.63) is 175 Å². The molecule has 0 radical (unpaired) electrons. The molecule has 1 N–H and O–H groups in total. The Morgan fingerprint density at radius 3 is 2.09 bits per heavy atom. The number of furan rings is 1. The average Bonchev–Trinajstić information content (AvgIpc) is 3.51. The first kappa shape index (κ1) is 27.6. The molecule has 7 aromatic carbocycles. The average molecular weight is 593 g/mol. The van der Waals surface area contributed by atoms with E-state index in [0.29, 0.717) is 0 Å². The molecule has 0 amide bonds. The van der Waals surface area contributed by atoms with Crippen molar-refractivity contribution in [1.82, 2.24) is 5.32 Å². The first-order valence-electron chi connectivity index (χ1n) is 15.6. The lowest BCUT2D eigenvalue weighted by Crippen LogP contribution is -2.19. The summed E-state index contributed by atoms with van der Waals surface area (Å²) in [5.74, 6) is 0. The summed E-state index contributed by atoms with van der Waals surface area (Å²) in [5.41, 5.74) is 8.64. The number of nitrogens with zero attached hydrogens (tertiary/aromatic N) is 1. The molecule has 1 heterocycles. The van der Waals surface area contributed by atoms with Crippen LogP contribution in [0.4, 0.5) is 0 Å². The Kier molecular flexibility index (Phi) is 6.92. The van der Waals surface area contributed by atoms with Crippen LogP contribution in [0.5, 0.6) is 0 Å². The summed E-state index contributed by atoms with van der Waals surface area (Å²) < 4.78 is 6.77. The topological polar surface area (TPSA) is 37.5 Å². The summed E-state index contributed by atoms with van der Waals surface area (Å²) in [5, 5.41) is 10.7. The van der Waals surface area contributed by atoms with Crippen LogP contribution in [-0.2, 0) is 0 Å². The molecule has 3 nitrogen and oxygen atoms in total. The number of rotatable bonds is 7. The van der Waals surface area contributed by atoms with Gasteiger partial charge in [0.25, 0.3) is 0 Å². The van der Waals surface area contributed by atoms with Gasteiger partial charge in [0.1, 0.15) is 17.3 Å². The van der Waals surface area contributed by atoms with Gasteiger partial charge in [-0.15, -0.1) is 0 Å². The summed E-state index contributed by atoms with van der Waals surface area (Å²) in [6, 6.07) is 52.8. The number of benzene rings is 7. The minimum Gasteiger partial charge on any atom is -0.455 e. The van der Waals surface area contributed by atoms with E-state index >= 15 is 0 Å². The number of aliphatic imine (C=N–C) groups is 1. The van der Waals surface area contributed by atoms with Crippen molar-refractivity contribution in [3.8, 4) is 11.1 Å². The third kappa shape index (κ3) is 4.92. The number of fused-ring (bicyclic) bond motifs is 6. The molecule has 1 atom stereocenters. The van der Waals surface area contributed by atoms with E-state index in [1.807, 2.05) is 43.3 Å². The second-order valence-corrected chi connectivity index (χ2v) is 11.7. The fourth-order valence-electron chi connectivity index (χ4n) is 6.48. The van der Waals surface area contributed by atoms with E-state index in [0.717, 1.165) is 61.2 Å². The summed E-state index contributed by atoms with van der Waals surface area (Å²) in [4.78, 5) is 5.12. The highest BCUT2D eigenvalue weighted by molar-refractivity contribution is 6.13. The van der Waals surface area contributed by atoms with Gasteiger partial charge < -0.3 is 9.73 Å². The normalized spacial score (nSPS) is 12.6. The second-order valence-electron chi connectivity index (χ2n) is 11.7. The minimum atomic E-state index is -0.321. The van der Waals surface area contributed by atoms with Gasteiger partial charge >= 0.3 is 0 Å². The molecule has 0 fully saturated rings. The highest BCUT2D eigenvalue weighted by atomic mass is 16.3. The Morgan fingerprint density at radius 2 is 1.26 bits per heavy atom. The smallest absolute Gasteiger partial charge is 0.145 e. The predicted octanol–water partition coefficient (Wildman–Crippen LogP) is 11.3. The Morgan fingerprint density at radius 1 is 0.609 bits per heavy atom. The Balaban J connectivity index is 1.20. The molecule has 3 heteroatoms. The van der Waals surface area contributed by atoms with Crippen LogP contribution in [0, 0.1) is 0 Å². The van der Waals surface area contributed by atoms with Crippen molar-refractivity contribution in [3.63, 3.8) is 0 Å². The maximum absolute atomic E-state index is 6.77. The molecule has 0 spiro atoms. The molecule has 0 aliphatic rings. The Bertz CT molecular complexity index is 2420. The molecule has 46 heavy (non-hydrogen) atoms. The maximum Gasteiger partial charge on any atom is 0.145 e. The van der Waals surface area contributed by atoms with Gasteiger partial charge in [-0.1, -0.05) is 146 Å². The van der Waals surface area contributed by atoms with Crippen LogP contribution >= 0.6 is 0 Å². The molecule has 0 bridgehead atoms. The monoisotopic (exact) mass is 592 g/mol. The van der Waals surface area contributed by atoms with Gasteiger partial charge in [0, 0.05) is 33.3 Å². The fourth-order valence-corrected chi connectivity index (χ4v) is 6.48. The van der Waals surface area contributed by atoms with Crippen molar-refractivity contribution in [2.75, 3.05) is 0 Å². The predicted molar refractivity (Wildman–Crippen MR) is 194 cm³/mol. The zero-order chi connectivity index (χ0) is 31.0. The molecule has 1 unspecified atom stereocenters. The Labute approximate surface area is 268 Å². The molecular weight excluding hydrogens is 560 g/mol. The van der Waals surface area contributed by atoms with Crippen LogP contribution in [0.25, 0.3) is 60.3 Å². The highest BCUT2D eigenvalue weighted by Crippen LogP contribution is 2.39. The molecule has 0 saturated heterocycles. The van der Waals surface area contributed by atoms with E-state index in [-0.39, 0.29) is 6.17 Å². The summed E-state index contributed by atoms with van der Waals surface area (Å²) in [7, 11) is 0. The molecule has 0 saturated carbocycles. The number of hydrogen-bond donors (Lipinski definition) is 1. The van der Waals surface area contributed by atoms with Crippen LogP contribution in [0.15, 0.2) is 168 Å². The first-order valence-corrected chi connectivity index (χ1v) is 15.6. The first-order chi connectivity index (χ1) is 22.6. The zero-order valence-corrected chi connectivity index (χ0v) is 25.6. The van der Waals surface area contributed by atoms with Crippen LogP contribution < -0.4 is 5.32 Å². The second kappa shape index (κ2) is 11.5. The molecule has 220 valence electrons. The lowest BCUT2D eigenvalue weighted by molar-refractivity contribution is 0.657. The largest absolute Gasteiger partial charge is 0.455 e. The van der Waals surface area contributed by atoms with Crippen LogP contribution in [0.1, 0.15) is 29.8 Å². The summed E-state index contributed by atoms with van der Waals surface area (Å²) in [6.45, 7) is 6.54. The number of nitrogens with one attached hydrogen (secondary N) is 1. The van der Waals surface area contributed by atoms with Gasteiger partial charge in [0.05, 0.1) is 0 Å². The highest BCUT2D eigenvalue weighted by Gasteiger charge is 2.19. The minimum absolute atomic E-state index is 0.321. The molecule has 8 aromatic rings. The van der Waals surface area contributed by atoms with E-state index in [2.05, 4.69) is 127 Å².